The first-order valence-electron chi connectivity index (χ1n) is 5.16. The zero-order valence-electron chi connectivity index (χ0n) is 9.53. The summed E-state index contributed by atoms with van der Waals surface area (Å²) >= 11 is -1.46. The number of hydrogen-bond acceptors (Lipinski definition) is 0. The molecular weight excluding hydrogens is 318 g/mol. The molecule has 0 fully saturated rings. The van der Waals surface area contributed by atoms with Crippen molar-refractivity contribution in [1.29, 1.82) is 0 Å². The van der Waals surface area contributed by atoms with Crippen LogP contribution in [0.4, 0.5) is 0 Å². The molecule has 0 bridgehead atoms. The molecule has 0 aromatic carbocycles. The fourth-order valence-corrected chi connectivity index (χ4v) is 9.67. The van der Waals surface area contributed by atoms with Crippen molar-refractivity contribution in [1.82, 2.24) is 0 Å². The van der Waals surface area contributed by atoms with Crippen molar-refractivity contribution in [3.8, 4) is 0 Å². The summed E-state index contributed by atoms with van der Waals surface area (Å²) in [6, 6.07) is 0. The van der Waals surface area contributed by atoms with Gasteiger partial charge in [0.2, 0.25) is 0 Å². The maximum absolute atomic E-state index is 2.39. The summed E-state index contributed by atoms with van der Waals surface area (Å²) in [6.07, 6.45) is 18.4. The van der Waals surface area contributed by atoms with Gasteiger partial charge in [-0.05, 0) is 0 Å². The Bertz CT molecular complexity index is 317. The molecule has 0 nitrogen and oxygen atoms in total. The maximum Gasteiger partial charge on any atom is -1.00 e. The van der Waals surface area contributed by atoms with Gasteiger partial charge >= 0.3 is 94.2 Å². The fraction of sp³-hybridized carbons (Fsp3) is 0.308. The van der Waals surface area contributed by atoms with E-state index in [1.807, 2.05) is 0 Å². The minimum absolute atomic E-state index is 0. The molecule has 0 aromatic rings. The van der Waals surface area contributed by atoms with Gasteiger partial charge in [0.1, 0.15) is 0 Å². The Labute approximate surface area is 118 Å². The first-order chi connectivity index (χ1) is 6.79. The average molecular weight is 334 g/mol. The minimum Gasteiger partial charge on any atom is -1.00 e. The molecule has 0 unspecified atom stereocenters. The molecule has 86 valence electrons. The molecule has 16 heavy (non-hydrogen) atoms. The molecule has 0 aromatic heterocycles. The predicted octanol–water partition coefficient (Wildman–Crippen LogP) is -2.35. The number of rotatable bonds is 2. The van der Waals surface area contributed by atoms with Crippen molar-refractivity contribution in [2.45, 2.75) is 21.1 Å². The van der Waals surface area contributed by atoms with E-state index in [1.165, 1.54) is 0 Å². The summed E-state index contributed by atoms with van der Waals surface area (Å²) in [5.41, 5.74) is 0. The number of allylic oxidation sites excluding steroid dienone is 8. The van der Waals surface area contributed by atoms with Crippen LogP contribution in [0.25, 0.3) is 0 Å². The van der Waals surface area contributed by atoms with Crippen LogP contribution in [-0.4, -0.2) is 3.21 Å². The fourth-order valence-electron chi connectivity index (χ4n) is 2.17. The van der Waals surface area contributed by atoms with Gasteiger partial charge in [-0.1, -0.05) is 0 Å². The van der Waals surface area contributed by atoms with Crippen LogP contribution in [0.3, 0.4) is 0 Å². The van der Waals surface area contributed by atoms with Crippen molar-refractivity contribution >= 4 is 3.21 Å². The predicted molar refractivity (Wildman–Crippen MR) is 60.4 cm³/mol. The Balaban J connectivity index is 0.00000112. The van der Waals surface area contributed by atoms with E-state index < -0.39 is 21.3 Å². The Kier molecular flexibility index (Phi) is 7.73. The summed E-state index contributed by atoms with van der Waals surface area (Å²) in [6.45, 7) is 4.66. The van der Waals surface area contributed by atoms with Crippen LogP contribution in [0.2, 0.25) is 7.25 Å². The topological polar surface area (TPSA) is 0 Å². The van der Waals surface area contributed by atoms with Gasteiger partial charge in [-0.25, -0.2) is 0 Å². The van der Waals surface area contributed by atoms with Crippen molar-refractivity contribution in [2.24, 2.45) is 0 Å². The van der Waals surface area contributed by atoms with Gasteiger partial charge in [-0.2, -0.15) is 0 Å². The van der Waals surface area contributed by atoms with Crippen molar-refractivity contribution in [3.05, 3.63) is 48.6 Å². The molecule has 2 rings (SSSR count). The molecule has 0 saturated carbocycles. The largest absolute Gasteiger partial charge is 1.00 e. The van der Waals surface area contributed by atoms with E-state index in [0.29, 0.717) is 0 Å². The van der Waals surface area contributed by atoms with Gasteiger partial charge in [0, 0.05) is 0 Å². The standard InChI is InChI=1S/2C5H5.C3H6.2ClH.Zr/c2*1-2-4-5-3-1;1-3-2;;;/h2*1-5H;1-2H3;2*1H;/q;;;;;+2/p-2. The zero-order valence-corrected chi connectivity index (χ0v) is 13.5. The first kappa shape index (κ1) is 16.3. The van der Waals surface area contributed by atoms with Gasteiger partial charge in [0.05, 0.1) is 0 Å². The normalized spacial score (nSPS) is 16.8. The van der Waals surface area contributed by atoms with Gasteiger partial charge in [-0.3, -0.25) is 0 Å². The van der Waals surface area contributed by atoms with E-state index in [0.717, 1.165) is 7.25 Å². The molecule has 0 radical (unpaired) electrons. The third-order valence-electron chi connectivity index (χ3n) is 2.79. The van der Waals surface area contributed by atoms with E-state index in [2.05, 4.69) is 62.5 Å². The minimum atomic E-state index is -1.46. The molecular formula is C13H16Cl2Zr. The second-order valence-electron chi connectivity index (χ2n) is 4.05. The molecule has 0 atom stereocenters. The third kappa shape index (κ3) is 3.65. The molecule has 0 amide bonds. The quantitative estimate of drug-likeness (QED) is 0.531. The smallest absolute Gasteiger partial charge is 1.00 e. The van der Waals surface area contributed by atoms with Gasteiger partial charge in [0.15, 0.2) is 0 Å². The Morgan fingerprint density at radius 2 is 1.06 bits per heavy atom. The van der Waals surface area contributed by atoms with Gasteiger partial charge < -0.3 is 24.8 Å². The maximum atomic E-state index is 2.39. The summed E-state index contributed by atoms with van der Waals surface area (Å²) in [7, 11) is 0. The SMILES string of the molecule is C[C](C)=[Zr+2]([CH]1C=CC=C1)[CH]1C=CC=C1.[Cl-].[Cl-]. The van der Waals surface area contributed by atoms with Crippen molar-refractivity contribution < 1.29 is 46.1 Å². The van der Waals surface area contributed by atoms with E-state index in [4.69, 9.17) is 0 Å². The summed E-state index contributed by atoms with van der Waals surface area (Å²) in [5.74, 6) is 0. The van der Waals surface area contributed by atoms with Crippen LogP contribution < -0.4 is 24.8 Å². The van der Waals surface area contributed by atoms with Crippen molar-refractivity contribution in [3.63, 3.8) is 0 Å². The van der Waals surface area contributed by atoms with Crippen LogP contribution in [0.5, 0.6) is 0 Å². The molecule has 2 aliphatic carbocycles. The Hall–Kier alpha value is 0.293. The monoisotopic (exact) mass is 332 g/mol. The number of halogens is 2. The molecule has 0 aliphatic heterocycles. The second-order valence-corrected chi connectivity index (χ2v) is 12.0. The molecule has 0 heterocycles. The van der Waals surface area contributed by atoms with E-state index in [9.17, 15) is 0 Å². The van der Waals surface area contributed by atoms with Crippen LogP contribution in [0, 0.1) is 0 Å². The third-order valence-corrected chi connectivity index (χ3v) is 11.1. The van der Waals surface area contributed by atoms with Crippen LogP contribution in [-0.2, 0) is 21.3 Å². The molecule has 3 heteroatoms. The first-order valence-corrected chi connectivity index (χ1v) is 9.23. The summed E-state index contributed by atoms with van der Waals surface area (Å²) in [4.78, 5) is 0. The summed E-state index contributed by atoms with van der Waals surface area (Å²) in [5, 5.41) is 0. The van der Waals surface area contributed by atoms with Crippen molar-refractivity contribution in [2.75, 3.05) is 0 Å². The molecule has 0 spiro atoms. The van der Waals surface area contributed by atoms with Crippen LogP contribution in [0.15, 0.2) is 48.6 Å². The van der Waals surface area contributed by atoms with Crippen LogP contribution in [0.1, 0.15) is 13.8 Å². The van der Waals surface area contributed by atoms with E-state index in [1.54, 1.807) is 3.21 Å². The Morgan fingerprint density at radius 3 is 1.31 bits per heavy atom. The summed E-state index contributed by atoms with van der Waals surface area (Å²) < 4.78 is 3.30. The van der Waals surface area contributed by atoms with Gasteiger partial charge in [-0.15, -0.1) is 0 Å². The van der Waals surface area contributed by atoms with E-state index >= 15 is 0 Å². The Morgan fingerprint density at radius 1 is 0.750 bits per heavy atom. The molecule has 2 aliphatic rings. The second kappa shape index (κ2) is 7.59. The molecule has 0 N–H and O–H groups in total. The van der Waals surface area contributed by atoms with E-state index in [-0.39, 0.29) is 24.8 Å². The average Bonchev–Trinajstić information content (AvgIpc) is 2.75. The van der Waals surface area contributed by atoms with Crippen LogP contribution >= 0.6 is 0 Å². The molecule has 0 saturated heterocycles. The zero-order chi connectivity index (χ0) is 9.97. The van der Waals surface area contributed by atoms with Gasteiger partial charge in [0.25, 0.3) is 0 Å². The number of hydrogen-bond donors (Lipinski definition) is 0.